The molecule has 0 aromatic heterocycles. The van der Waals surface area contributed by atoms with Gasteiger partial charge in [-0.2, -0.15) is 0 Å². The van der Waals surface area contributed by atoms with Gasteiger partial charge in [0.2, 0.25) is 0 Å². The summed E-state index contributed by atoms with van der Waals surface area (Å²) in [6.07, 6.45) is -0.198. The fourth-order valence-electron chi connectivity index (χ4n) is 2.93. The van der Waals surface area contributed by atoms with Gasteiger partial charge in [0.1, 0.15) is 5.54 Å². The number of carboxylic acid groups (broad SMARTS) is 3. The van der Waals surface area contributed by atoms with Gasteiger partial charge in [0.25, 0.3) is 0 Å². The summed E-state index contributed by atoms with van der Waals surface area (Å²) < 4.78 is 0. The van der Waals surface area contributed by atoms with Crippen molar-refractivity contribution in [1.82, 2.24) is 0 Å². The van der Waals surface area contributed by atoms with Crippen molar-refractivity contribution in [2.75, 3.05) is 0 Å². The Hall–Kier alpha value is -1.63. The van der Waals surface area contributed by atoms with Gasteiger partial charge < -0.3 is 21.1 Å². The lowest BCUT2D eigenvalue weighted by molar-refractivity contribution is -0.147. The molecule has 7 heteroatoms. The van der Waals surface area contributed by atoms with Crippen LogP contribution in [0.15, 0.2) is 0 Å². The number of fused-ring (bicyclic) bond motifs is 1. The van der Waals surface area contributed by atoms with Gasteiger partial charge in [-0.15, -0.1) is 0 Å². The van der Waals surface area contributed by atoms with E-state index in [-0.39, 0.29) is 6.42 Å². The summed E-state index contributed by atoms with van der Waals surface area (Å²) in [6.45, 7) is 0. The van der Waals surface area contributed by atoms with E-state index in [0.717, 1.165) is 0 Å². The minimum atomic E-state index is -1.71. The summed E-state index contributed by atoms with van der Waals surface area (Å²) in [5.74, 6) is -6.97. The van der Waals surface area contributed by atoms with Crippen LogP contribution in [0.2, 0.25) is 0 Å². The first-order valence-electron chi connectivity index (χ1n) is 4.78. The van der Waals surface area contributed by atoms with Gasteiger partial charge in [0.15, 0.2) is 0 Å². The maximum atomic E-state index is 11.0. The summed E-state index contributed by atoms with van der Waals surface area (Å²) in [5.41, 5.74) is 3.91. The van der Waals surface area contributed by atoms with E-state index >= 15 is 0 Å². The van der Waals surface area contributed by atoms with Crippen LogP contribution in [-0.4, -0.2) is 38.8 Å². The Labute approximate surface area is 89.9 Å². The molecule has 88 valence electrons. The van der Waals surface area contributed by atoms with Crippen LogP contribution in [0.25, 0.3) is 0 Å². The number of hydrogen-bond donors (Lipinski definition) is 4. The van der Waals surface area contributed by atoms with Crippen molar-refractivity contribution >= 4 is 17.9 Å². The lowest BCUT2D eigenvalue weighted by Gasteiger charge is -2.22. The molecule has 7 nitrogen and oxygen atoms in total. The number of carboxylic acids is 3. The molecule has 0 aliphatic heterocycles. The maximum absolute atomic E-state index is 11.0. The number of carbonyl (C=O) groups is 3. The SMILES string of the molecule is N[C@@]1(C(=O)O)C[C@@H](C(=O)O)[C@H]2[C@H](C(=O)O)[C@H]21. The van der Waals surface area contributed by atoms with Gasteiger partial charge in [0.05, 0.1) is 11.8 Å². The van der Waals surface area contributed by atoms with Crippen LogP contribution in [0, 0.1) is 23.7 Å². The largest absolute Gasteiger partial charge is 0.481 e. The molecular formula is C9H11NO6. The van der Waals surface area contributed by atoms with Gasteiger partial charge in [0, 0.05) is 5.92 Å². The average molecular weight is 229 g/mol. The zero-order valence-corrected chi connectivity index (χ0v) is 8.16. The zero-order valence-electron chi connectivity index (χ0n) is 8.16. The van der Waals surface area contributed by atoms with Crippen LogP contribution in [0.3, 0.4) is 0 Å². The molecule has 0 aromatic rings. The molecule has 2 aliphatic rings. The minimum Gasteiger partial charge on any atom is -0.481 e. The fraction of sp³-hybridized carbons (Fsp3) is 0.667. The highest BCUT2D eigenvalue weighted by Crippen LogP contribution is 2.64. The molecule has 2 saturated carbocycles. The second-order valence-electron chi connectivity index (χ2n) is 4.46. The van der Waals surface area contributed by atoms with Crippen LogP contribution in [0.1, 0.15) is 6.42 Å². The Kier molecular flexibility index (Phi) is 2.00. The van der Waals surface area contributed by atoms with Crippen molar-refractivity contribution in [1.29, 1.82) is 0 Å². The number of hydrogen-bond acceptors (Lipinski definition) is 4. The van der Waals surface area contributed by atoms with E-state index in [0.29, 0.717) is 0 Å². The number of aliphatic carboxylic acids is 3. The highest BCUT2D eigenvalue weighted by molar-refractivity contribution is 5.88. The Morgan fingerprint density at radius 3 is 2.06 bits per heavy atom. The third-order valence-electron chi connectivity index (χ3n) is 3.69. The molecule has 0 bridgehead atoms. The first-order valence-corrected chi connectivity index (χ1v) is 4.78. The first-order chi connectivity index (χ1) is 7.30. The number of rotatable bonds is 3. The van der Waals surface area contributed by atoms with E-state index in [2.05, 4.69) is 0 Å². The van der Waals surface area contributed by atoms with Crippen molar-refractivity contribution in [2.24, 2.45) is 29.4 Å². The van der Waals surface area contributed by atoms with Crippen LogP contribution < -0.4 is 5.73 Å². The molecule has 2 fully saturated rings. The standard InChI is InChI=1S/C9H11NO6/c10-9(8(15)16)1-2(6(11)12)3-4(5(3)9)7(13)14/h2-5H,1,10H2,(H,11,12)(H,13,14)(H,15,16)/t2-,3+,4+,5+,9+/m1/s1. The predicted octanol–water partition coefficient (Wildman–Crippen LogP) is -1.18. The Bertz CT molecular complexity index is 393. The second kappa shape index (κ2) is 2.94. The monoisotopic (exact) mass is 229 g/mol. The molecule has 0 heterocycles. The van der Waals surface area contributed by atoms with E-state index in [4.69, 9.17) is 21.1 Å². The molecule has 2 rings (SSSR count). The third-order valence-corrected chi connectivity index (χ3v) is 3.69. The van der Waals surface area contributed by atoms with E-state index in [1.807, 2.05) is 0 Å². The Morgan fingerprint density at radius 1 is 1.12 bits per heavy atom. The molecule has 2 aliphatic carbocycles. The maximum Gasteiger partial charge on any atom is 0.324 e. The van der Waals surface area contributed by atoms with E-state index in [9.17, 15) is 14.4 Å². The predicted molar refractivity (Wildman–Crippen MR) is 48.4 cm³/mol. The summed E-state index contributed by atoms with van der Waals surface area (Å²) in [4.78, 5) is 32.7. The summed E-state index contributed by atoms with van der Waals surface area (Å²) >= 11 is 0. The average Bonchev–Trinajstić information content (AvgIpc) is 2.81. The van der Waals surface area contributed by atoms with Crippen LogP contribution in [0.5, 0.6) is 0 Å². The summed E-state index contributed by atoms with van der Waals surface area (Å²) in [7, 11) is 0. The van der Waals surface area contributed by atoms with E-state index in [1.54, 1.807) is 0 Å². The van der Waals surface area contributed by atoms with Crippen molar-refractivity contribution < 1.29 is 29.7 Å². The van der Waals surface area contributed by atoms with Crippen LogP contribution >= 0.6 is 0 Å². The molecule has 16 heavy (non-hydrogen) atoms. The third kappa shape index (κ3) is 1.15. The minimum absolute atomic E-state index is 0.198. The normalized spacial score (nSPS) is 44.8. The summed E-state index contributed by atoms with van der Waals surface area (Å²) in [6, 6.07) is 0. The van der Waals surface area contributed by atoms with Crippen LogP contribution in [0.4, 0.5) is 0 Å². The molecule has 0 amide bonds. The second-order valence-corrected chi connectivity index (χ2v) is 4.46. The quantitative estimate of drug-likeness (QED) is 0.477. The highest BCUT2D eigenvalue weighted by atomic mass is 16.4. The lowest BCUT2D eigenvalue weighted by Crippen LogP contribution is -2.50. The van der Waals surface area contributed by atoms with E-state index in [1.165, 1.54) is 0 Å². The van der Waals surface area contributed by atoms with Crippen molar-refractivity contribution in [3.63, 3.8) is 0 Å². The van der Waals surface area contributed by atoms with Gasteiger partial charge in [-0.05, 0) is 12.3 Å². The molecule has 0 spiro atoms. The summed E-state index contributed by atoms with van der Waals surface area (Å²) in [5, 5.41) is 26.7. The lowest BCUT2D eigenvalue weighted by atomic mass is 9.88. The molecule has 0 aromatic carbocycles. The Morgan fingerprint density at radius 2 is 1.69 bits per heavy atom. The number of nitrogens with two attached hydrogens (primary N) is 1. The Balaban J connectivity index is 2.32. The first kappa shape index (κ1) is 10.9. The molecule has 0 unspecified atom stereocenters. The van der Waals surface area contributed by atoms with Crippen molar-refractivity contribution in [2.45, 2.75) is 12.0 Å². The molecular weight excluding hydrogens is 218 g/mol. The molecule has 0 radical (unpaired) electrons. The van der Waals surface area contributed by atoms with Crippen molar-refractivity contribution in [3.8, 4) is 0 Å². The molecule has 5 N–H and O–H groups in total. The van der Waals surface area contributed by atoms with Crippen LogP contribution in [-0.2, 0) is 14.4 Å². The van der Waals surface area contributed by atoms with E-state index < -0.39 is 47.1 Å². The molecule has 0 saturated heterocycles. The van der Waals surface area contributed by atoms with Gasteiger partial charge in [-0.3, -0.25) is 14.4 Å². The zero-order chi connectivity index (χ0) is 12.2. The highest BCUT2D eigenvalue weighted by Gasteiger charge is 2.75. The van der Waals surface area contributed by atoms with Gasteiger partial charge in [-0.25, -0.2) is 0 Å². The van der Waals surface area contributed by atoms with Crippen molar-refractivity contribution in [3.05, 3.63) is 0 Å². The van der Waals surface area contributed by atoms with Gasteiger partial charge >= 0.3 is 17.9 Å². The molecule has 5 atom stereocenters. The van der Waals surface area contributed by atoms with Gasteiger partial charge in [-0.1, -0.05) is 0 Å². The topological polar surface area (TPSA) is 138 Å². The fourth-order valence-corrected chi connectivity index (χ4v) is 2.93. The smallest absolute Gasteiger partial charge is 0.324 e.